The van der Waals surface area contributed by atoms with Gasteiger partial charge in [0.15, 0.2) is 0 Å². The van der Waals surface area contributed by atoms with Crippen molar-refractivity contribution in [2.24, 2.45) is 0 Å². The average Bonchev–Trinajstić information content (AvgIpc) is 2.65. The van der Waals surface area contributed by atoms with Crippen molar-refractivity contribution in [1.82, 2.24) is 0 Å². The smallest absolute Gasteiger partial charge is 0.337 e. The molecule has 1 aliphatic rings. The molecular formula is C12H14O5. The summed E-state index contributed by atoms with van der Waals surface area (Å²) in [6, 6.07) is 1.66. The molecule has 2 rings (SSSR count). The van der Waals surface area contributed by atoms with Gasteiger partial charge in [-0.05, 0) is 6.07 Å². The molecule has 0 amide bonds. The summed E-state index contributed by atoms with van der Waals surface area (Å²) in [6.45, 7) is 3.28. The van der Waals surface area contributed by atoms with Crippen LogP contribution in [0.2, 0.25) is 0 Å². The summed E-state index contributed by atoms with van der Waals surface area (Å²) >= 11 is 0. The van der Waals surface area contributed by atoms with E-state index in [-0.39, 0.29) is 6.42 Å². The Hall–Kier alpha value is -1.75. The molecule has 0 aliphatic carbocycles. The Kier molecular flexibility index (Phi) is 2.93. The SMILES string of the molecule is CC1(C)OC(=O)C=C(C[C@@H](O)c2ccoc2)O1. The monoisotopic (exact) mass is 238 g/mol. The van der Waals surface area contributed by atoms with Gasteiger partial charge in [-0.2, -0.15) is 0 Å². The molecule has 0 unspecified atom stereocenters. The van der Waals surface area contributed by atoms with Crippen LogP contribution in [0.3, 0.4) is 0 Å². The van der Waals surface area contributed by atoms with E-state index >= 15 is 0 Å². The van der Waals surface area contributed by atoms with Gasteiger partial charge in [0.05, 0.1) is 24.7 Å². The number of hydrogen-bond acceptors (Lipinski definition) is 5. The molecule has 1 N–H and O–H groups in total. The van der Waals surface area contributed by atoms with Crippen molar-refractivity contribution in [2.75, 3.05) is 0 Å². The zero-order valence-electron chi connectivity index (χ0n) is 9.67. The predicted molar refractivity (Wildman–Crippen MR) is 57.6 cm³/mol. The highest BCUT2D eigenvalue weighted by Crippen LogP contribution is 2.28. The summed E-state index contributed by atoms with van der Waals surface area (Å²) in [7, 11) is 0. The van der Waals surface area contributed by atoms with Crippen LogP contribution in [0.1, 0.15) is 31.9 Å². The number of furan rings is 1. The van der Waals surface area contributed by atoms with Gasteiger partial charge in [-0.1, -0.05) is 0 Å². The summed E-state index contributed by atoms with van der Waals surface area (Å²) in [5.74, 6) is -1.05. The molecule has 0 radical (unpaired) electrons. The third-order valence-electron chi connectivity index (χ3n) is 2.32. The van der Waals surface area contributed by atoms with Crippen LogP contribution in [-0.2, 0) is 14.3 Å². The van der Waals surface area contributed by atoms with Gasteiger partial charge in [0.2, 0.25) is 5.79 Å². The quantitative estimate of drug-likeness (QED) is 0.814. The largest absolute Gasteiger partial charge is 0.472 e. The van der Waals surface area contributed by atoms with Gasteiger partial charge in [0.25, 0.3) is 0 Å². The molecule has 5 heteroatoms. The van der Waals surface area contributed by atoms with Gasteiger partial charge in [-0.3, -0.25) is 0 Å². The Labute approximate surface area is 98.6 Å². The summed E-state index contributed by atoms with van der Waals surface area (Å²) < 4.78 is 15.3. The highest BCUT2D eigenvalue weighted by atomic mass is 16.7. The second-order valence-electron chi connectivity index (χ2n) is 4.31. The Morgan fingerprint density at radius 1 is 1.41 bits per heavy atom. The molecule has 1 aliphatic heterocycles. The minimum absolute atomic E-state index is 0.206. The molecule has 92 valence electrons. The zero-order valence-corrected chi connectivity index (χ0v) is 9.67. The van der Waals surface area contributed by atoms with Crippen molar-refractivity contribution in [3.8, 4) is 0 Å². The summed E-state index contributed by atoms with van der Waals surface area (Å²) in [5, 5.41) is 9.89. The first-order valence-electron chi connectivity index (χ1n) is 5.29. The molecule has 1 aromatic rings. The van der Waals surface area contributed by atoms with Crippen LogP contribution in [0.5, 0.6) is 0 Å². The lowest BCUT2D eigenvalue weighted by Gasteiger charge is -2.31. The number of ether oxygens (including phenoxy) is 2. The van der Waals surface area contributed by atoms with Crippen LogP contribution >= 0.6 is 0 Å². The van der Waals surface area contributed by atoms with Crippen molar-refractivity contribution in [2.45, 2.75) is 32.2 Å². The normalized spacial score (nSPS) is 20.2. The topological polar surface area (TPSA) is 68.9 Å². The lowest BCUT2D eigenvalue weighted by Crippen LogP contribution is -2.34. The van der Waals surface area contributed by atoms with E-state index in [0.29, 0.717) is 11.3 Å². The van der Waals surface area contributed by atoms with E-state index in [2.05, 4.69) is 0 Å². The first-order valence-corrected chi connectivity index (χ1v) is 5.29. The molecule has 0 bridgehead atoms. The first-order chi connectivity index (χ1) is 7.96. The number of hydrogen-bond donors (Lipinski definition) is 1. The predicted octanol–water partition coefficient (Wildman–Crippen LogP) is 1.90. The van der Waals surface area contributed by atoms with Crippen molar-refractivity contribution < 1.29 is 23.8 Å². The summed E-state index contributed by atoms with van der Waals surface area (Å²) in [5.41, 5.74) is 0.645. The van der Waals surface area contributed by atoms with E-state index in [0.717, 1.165) is 0 Å². The van der Waals surface area contributed by atoms with E-state index in [1.54, 1.807) is 19.9 Å². The molecular weight excluding hydrogens is 224 g/mol. The fraction of sp³-hybridized carbons (Fsp3) is 0.417. The van der Waals surface area contributed by atoms with Crippen LogP contribution < -0.4 is 0 Å². The van der Waals surface area contributed by atoms with Crippen molar-refractivity contribution in [3.05, 3.63) is 36.0 Å². The number of esters is 1. The minimum atomic E-state index is -0.989. The number of carbonyl (C=O) groups is 1. The fourth-order valence-electron chi connectivity index (χ4n) is 1.64. The van der Waals surface area contributed by atoms with Crippen molar-refractivity contribution >= 4 is 5.97 Å². The van der Waals surface area contributed by atoms with Gasteiger partial charge in [-0.15, -0.1) is 0 Å². The van der Waals surface area contributed by atoms with Crippen LogP contribution in [-0.4, -0.2) is 16.9 Å². The maximum absolute atomic E-state index is 11.3. The molecule has 1 aromatic heterocycles. The highest BCUT2D eigenvalue weighted by Gasteiger charge is 2.31. The van der Waals surface area contributed by atoms with E-state index in [4.69, 9.17) is 13.9 Å². The third-order valence-corrected chi connectivity index (χ3v) is 2.32. The van der Waals surface area contributed by atoms with E-state index in [1.165, 1.54) is 18.6 Å². The van der Waals surface area contributed by atoms with E-state index < -0.39 is 17.9 Å². The third kappa shape index (κ3) is 2.88. The lowest BCUT2D eigenvalue weighted by atomic mass is 10.1. The Bertz CT molecular complexity index is 430. The maximum Gasteiger partial charge on any atom is 0.337 e. The standard InChI is InChI=1S/C12H14O5/c1-12(2)16-9(6-11(14)17-12)5-10(13)8-3-4-15-7-8/h3-4,6-7,10,13H,5H2,1-2H3/t10-/m1/s1. The van der Waals surface area contributed by atoms with Crippen LogP contribution in [0.4, 0.5) is 0 Å². The van der Waals surface area contributed by atoms with Crippen molar-refractivity contribution in [3.63, 3.8) is 0 Å². The van der Waals surface area contributed by atoms with Crippen LogP contribution in [0.25, 0.3) is 0 Å². The number of cyclic esters (lactones) is 1. The molecule has 17 heavy (non-hydrogen) atoms. The van der Waals surface area contributed by atoms with E-state index in [9.17, 15) is 9.90 Å². The summed E-state index contributed by atoms with van der Waals surface area (Å²) in [6.07, 6.45) is 3.62. The second-order valence-corrected chi connectivity index (χ2v) is 4.31. The molecule has 2 heterocycles. The molecule has 1 atom stereocenters. The molecule has 0 saturated carbocycles. The molecule has 0 aromatic carbocycles. The van der Waals surface area contributed by atoms with Gasteiger partial charge in [0.1, 0.15) is 5.76 Å². The van der Waals surface area contributed by atoms with Gasteiger partial charge >= 0.3 is 5.97 Å². The minimum Gasteiger partial charge on any atom is -0.472 e. The number of aliphatic hydroxyl groups excluding tert-OH is 1. The second kappa shape index (κ2) is 4.25. The Balaban J connectivity index is 2.06. The molecule has 0 saturated heterocycles. The van der Waals surface area contributed by atoms with Crippen LogP contribution in [0.15, 0.2) is 34.8 Å². The fourth-order valence-corrected chi connectivity index (χ4v) is 1.64. The highest BCUT2D eigenvalue weighted by molar-refractivity contribution is 5.83. The number of aliphatic hydroxyl groups is 1. The van der Waals surface area contributed by atoms with Gasteiger partial charge in [-0.25, -0.2) is 4.79 Å². The maximum atomic E-state index is 11.3. The molecule has 5 nitrogen and oxygen atoms in total. The number of rotatable bonds is 3. The molecule has 0 fully saturated rings. The van der Waals surface area contributed by atoms with Crippen LogP contribution in [0, 0.1) is 0 Å². The lowest BCUT2D eigenvalue weighted by molar-refractivity contribution is -0.206. The van der Waals surface area contributed by atoms with Gasteiger partial charge < -0.3 is 19.0 Å². The average molecular weight is 238 g/mol. The zero-order chi connectivity index (χ0) is 12.5. The van der Waals surface area contributed by atoms with Gasteiger partial charge in [0, 0.05) is 25.8 Å². The molecule has 0 spiro atoms. The first kappa shape index (κ1) is 11.7. The van der Waals surface area contributed by atoms with Crippen molar-refractivity contribution in [1.29, 1.82) is 0 Å². The number of carbonyl (C=O) groups excluding carboxylic acids is 1. The Morgan fingerprint density at radius 2 is 2.18 bits per heavy atom. The Morgan fingerprint density at radius 3 is 2.76 bits per heavy atom. The van der Waals surface area contributed by atoms with E-state index in [1.807, 2.05) is 0 Å². The summed E-state index contributed by atoms with van der Waals surface area (Å²) in [4.78, 5) is 11.3.